The van der Waals surface area contributed by atoms with Crippen molar-refractivity contribution in [3.63, 3.8) is 0 Å². The van der Waals surface area contributed by atoms with Gasteiger partial charge in [-0.15, -0.1) is 11.3 Å². The number of aromatic nitrogens is 1. The second kappa shape index (κ2) is 8.70. The number of carbonyl (C=O) groups is 2. The smallest absolute Gasteiger partial charge is 0.228 e. The number of morpholine rings is 1. The molecule has 0 spiro atoms. The lowest BCUT2D eigenvalue weighted by Gasteiger charge is -2.53. The van der Waals surface area contributed by atoms with E-state index in [1.54, 1.807) is 18.3 Å². The van der Waals surface area contributed by atoms with E-state index < -0.39 is 5.41 Å². The average Bonchev–Trinajstić information content (AvgIpc) is 3.16. The average molecular weight is 421 g/mol. The summed E-state index contributed by atoms with van der Waals surface area (Å²) in [6, 6.07) is 0.523. The van der Waals surface area contributed by atoms with Crippen LogP contribution in [0.4, 0.5) is 0 Å². The van der Waals surface area contributed by atoms with E-state index in [-0.39, 0.29) is 11.8 Å². The highest BCUT2D eigenvalue weighted by Gasteiger charge is 2.53. The number of piperidine rings is 1. The summed E-state index contributed by atoms with van der Waals surface area (Å²) in [6.45, 7) is 8.94. The van der Waals surface area contributed by atoms with Gasteiger partial charge in [-0.05, 0) is 38.5 Å². The molecule has 2 saturated heterocycles. The van der Waals surface area contributed by atoms with E-state index in [4.69, 9.17) is 4.74 Å². The number of amides is 2. The normalized spacial score (nSPS) is 30.6. The van der Waals surface area contributed by atoms with Gasteiger partial charge in [0.05, 0.1) is 35.9 Å². The lowest BCUT2D eigenvalue weighted by Crippen LogP contribution is -2.61. The van der Waals surface area contributed by atoms with Crippen LogP contribution in [0.5, 0.6) is 0 Å². The Morgan fingerprint density at radius 1 is 1.31 bits per heavy atom. The Kier molecular flexibility index (Phi) is 6.22. The molecule has 2 aliphatic heterocycles. The highest BCUT2D eigenvalue weighted by molar-refractivity contribution is 7.09. The van der Waals surface area contributed by atoms with Gasteiger partial charge < -0.3 is 15.0 Å². The quantitative estimate of drug-likeness (QED) is 0.804. The largest absolute Gasteiger partial charge is 0.379 e. The molecular weight excluding hydrogens is 388 g/mol. The van der Waals surface area contributed by atoms with Gasteiger partial charge in [0.2, 0.25) is 11.8 Å². The summed E-state index contributed by atoms with van der Waals surface area (Å²) in [5, 5.41) is 6.17. The Bertz CT molecular complexity index is 748. The Balaban J connectivity index is 1.49. The number of carbonyl (C=O) groups excluding carboxylic acids is 2. The van der Waals surface area contributed by atoms with Gasteiger partial charge in [-0.3, -0.25) is 14.5 Å². The number of hydrogen-bond acceptors (Lipinski definition) is 6. The Hall–Kier alpha value is -1.51. The highest BCUT2D eigenvalue weighted by Crippen LogP contribution is 2.48. The minimum absolute atomic E-state index is 0.0704. The number of thiazole rings is 1. The van der Waals surface area contributed by atoms with E-state index >= 15 is 0 Å². The van der Waals surface area contributed by atoms with Crippen LogP contribution < -0.4 is 5.32 Å². The molecule has 2 amide bonds. The lowest BCUT2D eigenvalue weighted by atomic mass is 9.61. The molecule has 7 nitrogen and oxygen atoms in total. The van der Waals surface area contributed by atoms with Gasteiger partial charge in [0.15, 0.2) is 0 Å². The van der Waals surface area contributed by atoms with E-state index in [0.29, 0.717) is 25.0 Å². The molecule has 160 valence electrons. The van der Waals surface area contributed by atoms with Crippen molar-refractivity contribution in [2.75, 3.05) is 39.4 Å². The summed E-state index contributed by atoms with van der Waals surface area (Å²) in [5.41, 5.74) is 0.438. The molecule has 0 aromatic carbocycles. The molecule has 3 fully saturated rings. The van der Waals surface area contributed by atoms with Gasteiger partial charge in [-0.2, -0.15) is 0 Å². The molecule has 0 bridgehead atoms. The summed E-state index contributed by atoms with van der Waals surface area (Å²) in [5.74, 6) is 0.484. The molecule has 3 aliphatic rings. The fourth-order valence-corrected chi connectivity index (χ4v) is 6.00. The fraction of sp³-hybridized carbons (Fsp3) is 0.762. The van der Waals surface area contributed by atoms with E-state index in [0.717, 1.165) is 69.2 Å². The molecule has 0 radical (unpaired) electrons. The first-order valence-corrected chi connectivity index (χ1v) is 11.6. The zero-order chi connectivity index (χ0) is 20.4. The first kappa shape index (κ1) is 20.8. The van der Waals surface area contributed by atoms with Gasteiger partial charge in [-0.1, -0.05) is 0 Å². The first-order valence-electron chi connectivity index (χ1n) is 10.7. The van der Waals surface area contributed by atoms with Crippen LogP contribution in [0.25, 0.3) is 0 Å². The van der Waals surface area contributed by atoms with Gasteiger partial charge in [0.1, 0.15) is 0 Å². The van der Waals surface area contributed by atoms with Crippen molar-refractivity contribution >= 4 is 23.2 Å². The van der Waals surface area contributed by atoms with Crippen molar-refractivity contribution in [3.8, 4) is 0 Å². The van der Waals surface area contributed by atoms with Gasteiger partial charge in [0, 0.05) is 44.5 Å². The van der Waals surface area contributed by atoms with Crippen LogP contribution in [0.3, 0.4) is 0 Å². The SMILES string of the molecule is CC(=O)N1CC[C@@H]2C[C@@H](N3CCOCC3)CC[C@@]2(C(=O)NCc2csc(C)n2)C1. The number of aryl methyl sites for hydroxylation is 1. The predicted octanol–water partition coefficient (Wildman–Crippen LogP) is 1.81. The van der Waals surface area contributed by atoms with Crippen LogP contribution in [0.15, 0.2) is 5.38 Å². The molecule has 1 aromatic heterocycles. The maximum absolute atomic E-state index is 13.5. The molecule has 1 N–H and O–H groups in total. The number of nitrogens with zero attached hydrogens (tertiary/aromatic N) is 3. The first-order chi connectivity index (χ1) is 14.0. The predicted molar refractivity (Wildman–Crippen MR) is 112 cm³/mol. The van der Waals surface area contributed by atoms with E-state index in [9.17, 15) is 9.59 Å². The maximum atomic E-state index is 13.5. The van der Waals surface area contributed by atoms with Crippen molar-refractivity contribution in [1.29, 1.82) is 0 Å². The topological polar surface area (TPSA) is 74.8 Å². The molecule has 8 heteroatoms. The number of likely N-dealkylation sites (tertiary alicyclic amines) is 1. The summed E-state index contributed by atoms with van der Waals surface area (Å²) < 4.78 is 5.52. The van der Waals surface area contributed by atoms with E-state index in [2.05, 4.69) is 15.2 Å². The summed E-state index contributed by atoms with van der Waals surface area (Å²) in [7, 11) is 0. The Morgan fingerprint density at radius 3 is 2.79 bits per heavy atom. The Morgan fingerprint density at radius 2 is 2.10 bits per heavy atom. The van der Waals surface area contributed by atoms with Crippen molar-refractivity contribution in [1.82, 2.24) is 20.1 Å². The lowest BCUT2D eigenvalue weighted by molar-refractivity contribution is -0.150. The van der Waals surface area contributed by atoms with Crippen molar-refractivity contribution in [2.45, 2.75) is 52.1 Å². The standard InChI is InChI=1S/C21H32N4O3S/c1-15-23-18(13-29-15)12-22-20(27)21-5-3-19(24-7-9-28-10-8-24)11-17(21)4-6-25(14-21)16(2)26/h13,17,19H,3-12,14H2,1-2H3,(H,22,27)/t17-,19+,21-/m1/s1. The van der Waals surface area contributed by atoms with Crippen LogP contribution in [0.2, 0.25) is 0 Å². The molecule has 1 aliphatic carbocycles. The maximum Gasteiger partial charge on any atom is 0.228 e. The third-order valence-corrected chi connectivity index (χ3v) is 7.86. The zero-order valence-electron chi connectivity index (χ0n) is 17.5. The number of nitrogens with one attached hydrogen (secondary N) is 1. The van der Waals surface area contributed by atoms with Crippen LogP contribution in [0, 0.1) is 18.3 Å². The molecule has 29 heavy (non-hydrogen) atoms. The fourth-order valence-electron chi connectivity index (χ4n) is 5.38. The van der Waals surface area contributed by atoms with Crippen LogP contribution >= 0.6 is 11.3 Å². The monoisotopic (exact) mass is 420 g/mol. The molecule has 4 rings (SSSR count). The molecule has 1 saturated carbocycles. The number of rotatable bonds is 4. The third kappa shape index (κ3) is 4.34. The van der Waals surface area contributed by atoms with Crippen molar-refractivity contribution < 1.29 is 14.3 Å². The zero-order valence-corrected chi connectivity index (χ0v) is 18.3. The minimum Gasteiger partial charge on any atom is -0.379 e. The third-order valence-electron chi connectivity index (χ3n) is 7.04. The molecule has 3 heterocycles. The van der Waals surface area contributed by atoms with E-state index in [1.807, 2.05) is 17.2 Å². The van der Waals surface area contributed by atoms with Crippen LogP contribution in [-0.4, -0.2) is 72.0 Å². The number of fused-ring (bicyclic) bond motifs is 1. The van der Waals surface area contributed by atoms with Gasteiger partial charge in [-0.25, -0.2) is 4.98 Å². The van der Waals surface area contributed by atoms with E-state index in [1.165, 1.54) is 0 Å². The van der Waals surface area contributed by atoms with Gasteiger partial charge in [0.25, 0.3) is 0 Å². The molecule has 0 unspecified atom stereocenters. The van der Waals surface area contributed by atoms with Crippen LogP contribution in [0.1, 0.15) is 43.3 Å². The Labute approximate surface area is 176 Å². The minimum atomic E-state index is -0.474. The summed E-state index contributed by atoms with van der Waals surface area (Å²) >= 11 is 1.60. The molecule has 1 aromatic rings. The second-order valence-electron chi connectivity index (χ2n) is 8.70. The van der Waals surface area contributed by atoms with Crippen molar-refractivity contribution in [2.24, 2.45) is 11.3 Å². The molecular formula is C21H32N4O3S. The summed E-state index contributed by atoms with van der Waals surface area (Å²) in [4.78, 5) is 34.5. The number of hydrogen-bond donors (Lipinski definition) is 1. The summed E-state index contributed by atoms with van der Waals surface area (Å²) in [6.07, 6.45) is 3.79. The second-order valence-corrected chi connectivity index (χ2v) is 9.76. The van der Waals surface area contributed by atoms with Crippen molar-refractivity contribution in [3.05, 3.63) is 16.1 Å². The highest BCUT2D eigenvalue weighted by atomic mass is 32.1. The number of ether oxygens (including phenoxy) is 1. The van der Waals surface area contributed by atoms with Crippen LogP contribution in [-0.2, 0) is 20.9 Å². The van der Waals surface area contributed by atoms with Gasteiger partial charge >= 0.3 is 0 Å². The molecule has 3 atom stereocenters.